The smallest absolute Gasteiger partial charge is 0.160 e. The summed E-state index contributed by atoms with van der Waals surface area (Å²) >= 11 is 0. The Bertz CT molecular complexity index is 5980. The van der Waals surface area contributed by atoms with Crippen LogP contribution in [0.3, 0.4) is 0 Å². The van der Waals surface area contributed by atoms with E-state index in [4.69, 9.17) is 19.9 Å². The molecule has 20 rings (SSSR count). The second kappa shape index (κ2) is 20.6. The van der Waals surface area contributed by atoms with Gasteiger partial charge in [0.05, 0.1) is 44.7 Å². The Balaban J connectivity index is 0.000000132. The molecule has 2 aliphatic rings. The maximum atomic E-state index is 5.16. The summed E-state index contributed by atoms with van der Waals surface area (Å²) in [5, 5.41) is 11.4. The molecule has 0 unspecified atom stereocenters. The highest BCUT2D eigenvalue weighted by Gasteiger charge is 2.29. The zero-order valence-electron chi connectivity index (χ0n) is 49.7. The number of rotatable bonds is 7. The van der Waals surface area contributed by atoms with Gasteiger partial charge in [-0.1, -0.05) is 249 Å². The molecule has 426 valence electrons. The first-order chi connectivity index (χ1) is 45.6. The lowest BCUT2D eigenvalue weighted by Crippen LogP contribution is -1.98. The van der Waals surface area contributed by atoms with Gasteiger partial charge in [-0.25, -0.2) is 19.9 Å². The van der Waals surface area contributed by atoms with Gasteiger partial charge in [-0.05, 0) is 122 Å². The van der Waals surface area contributed by atoms with Crippen molar-refractivity contribution in [3.8, 4) is 112 Å². The molecule has 0 saturated carbocycles. The summed E-state index contributed by atoms with van der Waals surface area (Å²) < 4.78 is 4.84. The van der Waals surface area contributed by atoms with Crippen LogP contribution >= 0.6 is 0 Å². The third-order valence-corrected chi connectivity index (χ3v) is 18.9. The molecule has 6 heteroatoms. The standard InChI is InChI=1S/C44H27N3.C42H25N3/c1-3-11-28(12-4-1)38-27-39(29-13-5-2-6-14-29)46-44(45-38)31-21-23-32(24-22-31)47-40-20-8-7-17-33(40)36-26-25-35-34-18-9-15-30-16-10-19-37(41(30)34)42(35)43(36)47;1-2-11-27(12-3-1)41-32-17-4-6-21-35(32)43-42(44-41)28-15-8-16-29(25-28)45-36-22-7-5-18-33(36)40-37(45)24-23-31-30-19-9-13-26-14-10-20-34(38(26)30)39(31)40/h1-27H;1-25H. The van der Waals surface area contributed by atoms with Crippen molar-refractivity contribution in [1.82, 2.24) is 29.1 Å². The average molecular weight is 1170 g/mol. The molecule has 0 amide bonds. The second-order valence-corrected chi connectivity index (χ2v) is 24.0. The van der Waals surface area contributed by atoms with Crippen LogP contribution in [0.5, 0.6) is 0 Å². The Morgan fingerprint density at radius 1 is 0.239 bits per heavy atom. The zero-order chi connectivity index (χ0) is 60.4. The summed E-state index contributed by atoms with van der Waals surface area (Å²) in [4.78, 5) is 20.3. The van der Waals surface area contributed by atoms with Crippen molar-refractivity contribution in [3.05, 3.63) is 315 Å². The van der Waals surface area contributed by atoms with Crippen LogP contribution in [0.2, 0.25) is 0 Å². The van der Waals surface area contributed by atoms with Crippen molar-refractivity contribution in [3.63, 3.8) is 0 Å². The summed E-state index contributed by atoms with van der Waals surface area (Å²) in [7, 11) is 0. The quantitative estimate of drug-likeness (QED) is 0.160. The van der Waals surface area contributed by atoms with E-state index < -0.39 is 0 Å². The lowest BCUT2D eigenvalue weighted by atomic mass is 9.98. The number of benzene rings is 14. The predicted octanol–water partition coefficient (Wildman–Crippen LogP) is 22.2. The van der Waals surface area contributed by atoms with Gasteiger partial charge in [-0.15, -0.1) is 0 Å². The fraction of sp³-hybridized carbons (Fsp3) is 0. The van der Waals surface area contributed by atoms with E-state index in [2.05, 4.69) is 300 Å². The normalized spacial score (nSPS) is 11.9. The van der Waals surface area contributed by atoms with Crippen molar-refractivity contribution in [2.24, 2.45) is 0 Å². The van der Waals surface area contributed by atoms with E-state index in [0.29, 0.717) is 5.82 Å². The van der Waals surface area contributed by atoms with Gasteiger partial charge in [0.2, 0.25) is 0 Å². The van der Waals surface area contributed by atoms with E-state index in [1.807, 2.05) is 24.3 Å². The molecule has 2 aliphatic carbocycles. The summed E-state index contributed by atoms with van der Waals surface area (Å²) in [5.74, 6) is 1.43. The maximum absolute atomic E-state index is 5.16. The molecule has 18 aromatic rings. The van der Waals surface area contributed by atoms with Crippen LogP contribution in [0.1, 0.15) is 0 Å². The molecule has 0 N–H and O–H groups in total. The predicted molar refractivity (Wildman–Crippen MR) is 381 cm³/mol. The molecular formula is C86H52N6. The summed E-state index contributed by atoms with van der Waals surface area (Å²) in [6.07, 6.45) is 0. The molecule has 0 radical (unpaired) electrons. The molecule has 14 aromatic carbocycles. The largest absolute Gasteiger partial charge is 0.309 e. The minimum absolute atomic E-state index is 0.710. The molecule has 0 spiro atoms. The topological polar surface area (TPSA) is 61.4 Å². The molecule has 0 bridgehead atoms. The third kappa shape index (κ3) is 8.00. The van der Waals surface area contributed by atoms with Gasteiger partial charge in [0.15, 0.2) is 11.6 Å². The van der Waals surface area contributed by atoms with Crippen molar-refractivity contribution in [2.75, 3.05) is 0 Å². The highest BCUT2D eigenvalue weighted by atomic mass is 15.0. The Morgan fingerprint density at radius 3 is 1.41 bits per heavy atom. The van der Waals surface area contributed by atoms with Crippen molar-refractivity contribution >= 4 is 76.1 Å². The third-order valence-electron chi connectivity index (χ3n) is 18.9. The van der Waals surface area contributed by atoms with E-state index in [0.717, 1.165) is 73.0 Å². The minimum Gasteiger partial charge on any atom is -0.309 e. The molecule has 0 atom stereocenters. The highest BCUT2D eigenvalue weighted by Crippen LogP contribution is 2.54. The molecule has 0 saturated heterocycles. The number of hydrogen-bond acceptors (Lipinski definition) is 4. The van der Waals surface area contributed by atoms with Gasteiger partial charge in [0.1, 0.15) is 0 Å². The second-order valence-electron chi connectivity index (χ2n) is 24.0. The fourth-order valence-electron chi connectivity index (χ4n) is 14.9. The minimum atomic E-state index is 0.710. The van der Waals surface area contributed by atoms with Crippen molar-refractivity contribution < 1.29 is 0 Å². The summed E-state index contributed by atoms with van der Waals surface area (Å²) in [6.45, 7) is 0. The molecule has 6 nitrogen and oxygen atoms in total. The fourth-order valence-corrected chi connectivity index (χ4v) is 14.9. The molecule has 92 heavy (non-hydrogen) atoms. The molecular weight excluding hydrogens is 1120 g/mol. The monoisotopic (exact) mass is 1170 g/mol. The molecule has 0 aliphatic heterocycles. The number of para-hydroxylation sites is 3. The molecule has 4 aromatic heterocycles. The van der Waals surface area contributed by atoms with Crippen LogP contribution < -0.4 is 0 Å². The summed E-state index contributed by atoms with van der Waals surface area (Å²) in [5.41, 5.74) is 26.4. The maximum Gasteiger partial charge on any atom is 0.160 e. The Labute approximate surface area is 529 Å². The number of hydrogen-bond donors (Lipinski definition) is 0. The van der Waals surface area contributed by atoms with E-state index in [9.17, 15) is 0 Å². The Kier molecular flexibility index (Phi) is 11.6. The summed E-state index contributed by atoms with van der Waals surface area (Å²) in [6, 6.07) is 112. The van der Waals surface area contributed by atoms with Crippen LogP contribution in [-0.4, -0.2) is 29.1 Å². The van der Waals surface area contributed by atoms with Crippen LogP contribution in [0.25, 0.3) is 188 Å². The van der Waals surface area contributed by atoms with Gasteiger partial charge in [-0.2, -0.15) is 0 Å². The van der Waals surface area contributed by atoms with E-state index in [1.54, 1.807) is 0 Å². The first-order valence-electron chi connectivity index (χ1n) is 31.4. The molecule has 4 heterocycles. The number of nitrogens with zero attached hydrogens (tertiary/aromatic N) is 6. The van der Waals surface area contributed by atoms with Gasteiger partial charge in [-0.3, -0.25) is 0 Å². The number of fused-ring (bicyclic) bond motifs is 15. The first-order valence-corrected chi connectivity index (χ1v) is 31.4. The van der Waals surface area contributed by atoms with Crippen LogP contribution in [-0.2, 0) is 0 Å². The first kappa shape index (κ1) is 51.6. The van der Waals surface area contributed by atoms with Crippen LogP contribution in [0.15, 0.2) is 315 Å². The van der Waals surface area contributed by atoms with Gasteiger partial charge >= 0.3 is 0 Å². The van der Waals surface area contributed by atoms with E-state index in [-0.39, 0.29) is 0 Å². The molecule has 0 fully saturated rings. The van der Waals surface area contributed by atoms with Crippen LogP contribution in [0.4, 0.5) is 0 Å². The number of aromatic nitrogens is 6. The lowest BCUT2D eigenvalue weighted by Gasteiger charge is -2.13. The highest BCUT2D eigenvalue weighted by molar-refractivity contribution is 6.27. The van der Waals surface area contributed by atoms with Crippen molar-refractivity contribution in [2.45, 2.75) is 0 Å². The lowest BCUT2D eigenvalue weighted by molar-refractivity contribution is 1.16. The average Bonchev–Trinajstić information content (AvgIpc) is 1.55. The van der Waals surface area contributed by atoms with Gasteiger partial charge < -0.3 is 9.13 Å². The van der Waals surface area contributed by atoms with Crippen LogP contribution in [0, 0.1) is 0 Å². The van der Waals surface area contributed by atoms with Gasteiger partial charge in [0.25, 0.3) is 0 Å². The Morgan fingerprint density at radius 2 is 0.750 bits per heavy atom. The van der Waals surface area contributed by atoms with Gasteiger partial charge in [0, 0.05) is 77.3 Å². The zero-order valence-corrected chi connectivity index (χ0v) is 49.7. The van der Waals surface area contributed by atoms with E-state index in [1.165, 1.54) is 110 Å². The van der Waals surface area contributed by atoms with E-state index >= 15 is 0 Å². The Hall–Kier alpha value is -12.4. The SMILES string of the molecule is c1ccc(-c2cc(-c3ccccc3)nc(-c3ccc(-n4c5ccccc5c5ccc6c(c54)-c4cccc5cccc-6c45)cc3)n2)cc1.c1ccc(-c2nc(-c3cccc(-n4c5ccccc5c5c6c(ccc54)-c4cccc5cccc-6c45)c3)nc3ccccc23)cc1. The van der Waals surface area contributed by atoms with Crippen molar-refractivity contribution in [1.29, 1.82) is 0 Å².